The lowest BCUT2D eigenvalue weighted by atomic mass is 10.0. The summed E-state index contributed by atoms with van der Waals surface area (Å²) in [6.45, 7) is 13.0. The van der Waals surface area contributed by atoms with Gasteiger partial charge in [-0.05, 0) is 20.3 Å². The highest BCUT2D eigenvalue weighted by Gasteiger charge is 2.31. The molecule has 10 heavy (non-hydrogen) atoms. The summed E-state index contributed by atoms with van der Waals surface area (Å²) >= 11 is 0. The summed E-state index contributed by atoms with van der Waals surface area (Å²) < 4.78 is 0. The van der Waals surface area contributed by atoms with Crippen molar-refractivity contribution >= 4 is 0 Å². The van der Waals surface area contributed by atoms with Crippen LogP contribution in [-0.4, -0.2) is 30.1 Å². The Morgan fingerprint density at radius 1 is 1.70 bits per heavy atom. The molecular formula is C8H14N2. The van der Waals surface area contributed by atoms with Crippen molar-refractivity contribution in [1.29, 1.82) is 0 Å². The zero-order chi connectivity index (χ0) is 7.56. The van der Waals surface area contributed by atoms with E-state index in [1.54, 1.807) is 0 Å². The van der Waals surface area contributed by atoms with E-state index in [9.17, 15) is 0 Å². The molecule has 0 aromatic rings. The summed E-state index contributed by atoms with van der Waals surface area (Å²) in [5.41, 5.74) is 0. The predicted molar refractivity (Wildman–Crippen MR) is 41.7 cm³/mol. The van der Waals surface area contributed by atoms with Gasteiger partial charge in [0.25, 0.3) is 0 Å². The van der Waals surface area contributed by atoms with Crippen molar-refractivity contribution < 1.29 is 0 Å². The van der Waals surface area contributed by atoms with Crippen molar-refractivity contribution in [3.63, 3.8) is 0 Å². The standard InChI is InChI=1S/C8H14N2/c1-7(2)10-5-4-8(10)6-9-3/h7-8H,4-6H2,1-2H3. The Labute approximate surface area is 62.7 Å². The highest BCUT2D eigenvalue weighted by Crippen LogP contribution is 2.20. The predicted octanol–water partition coefficient (Wildman–Crippen LogP) is 1.39. The van der Waals surface area contributed by atoms with E-state index in [4.69, 9.17) is 6.57 Å². The summed E-state index contributed by atoms with van der Waals surface area (Å²) in [5.74, 6) is 0. The topological polar surface area (TPSA) is 7.60 Å². The third-order valence-electron chi connectivity index (χ3n) is 2.15. The molecule has 56 valence electrons. The molecule has 1 fully saturated rings. The minimum atomic E-state index is 0.567. The van der Waals surface area contributed by atoms with E-state index in [0.717, 1.165) is 0 Å². The number of likely N-dealkylation sites (tertiary alicyclic amines) is 1. The third-order valence-corrected chi connectivity index (χ3v) is 2.15. The van der Waals surface area contributed by atoms with Gasteiger partial charge in [0.1, 0.15) is 0 Å². The van der Waals surface area contributed by atoms with Gasteiger partial charge in [0.15, 0.2) is 0 Å². The molecule has 0 saturated carbocycles. The lowest BCUT2D eigenvalue weighted by Gasteiger charge is -2.40. The number of hydrogen-bond donors (Lipinski definition) is 0. The number of nitrogens with zero attached hydrogens (tertiary/aromatic N) is 2. The molecule has 0 radical (unpaired) electrons. The molecular weight excluding hydrogens is 124 g/mol. The van der Waals surface area contributed by atoms with E-state index < -0.39 is 0 Å². The molecule has 1 heterocycles. The Morgan fingerprint density at radius 3 is 2.70 bits per heavy atom. The summed E-state index contributed by atoms with van der Waals surface area (Å²) in [6.07, 6.45) is 1.22. The Kier molecular flexibility index (Phi) is 2.29. The maximum atomic E-state index is 6.70. The molecule has 0 bridgehead atoms. The van der Waals surface area contributed by atoms with Crippen LogP contribution in [0.2, 0.25) is 0 Å². The van der Waals surface area contributed by atoms with Crippen LogP contribution in [0.5, 0.6) is 0 Å². The quantitative estimate of drug-likeness (QED) is 0.523. The van der Waals surface area contributed by atoms with E-state index in [1.165, 1.54) is 13.0 Å². The van der Waals surface area contributed by atoms with Crippen molar-refractivity contribution in [1.82, 2.24) is 4.90 Å². The molecule has 2 nitrogen and oxygen atoms in total. The van der Waals surface area contributed by atoms with Crippen LogP contribution in [0.4, 0.5) is 0 Å². The van der Waals surface area contributed by atoms with E-state index in [2.05, 4.69) is 23.6 Å². The molecule has 2 heteroatoms. The second-order valence-corrected chi connectivity index (χ2v) is 3.11. The molecule has 0 aromatic carbocycles. The maximum absolute atomic E-state index is 6.70. The molecule has 0 aromatic heterocycles. The van der Waals surface area contributed by atoms with Gasteiger partial charge < -0.3 is 4.85 Å². The fourth-order valence-corrected chi connectivity index (χ4v) is 1.44. The average molecular weight is 138 g/mol. The maximum Gasteiger partial charge on any atom is 0.230 e. The number of rotatable bonds is 2. The van der Waals surface area contributed by atoms with Gasteiger partial charge in [0.05, 0.1) is 6.04 Å². The van der Waals surface area contributed by atoms with Crippen LogP contribution in [0.3, 0.4) is 0 Å². The first-order chi connectivity index (χ1) is 4.75. The van der Waals surface area contributed by atoms with Gasteiger partial charge in [-0.1, -0.05) is 0 Å². The fourth-order valence-electron chi connectivity index (χ4n) is 1.44. The van der Waals surface area contributed by atoms with E-state index >= 15 is 0 Å². The Balaban J connectivity index is 2.30. The van der Waals surface area contributed by atoms with Crippen molar-refractivity contribution in [2.45, 2.75) is 32.4 Å². The molecule has 1 unspecified atom stereocenters. The SMILES string of the molecule is [C-]#[N+]CC1CCN1C(C)C. The first-order valence-electron chi connectivity index (χ1n) is 3.84. The van der Waals surface area contributed by atoms with Crippen LogP contribution < -0.4 is 0 Å². The van der Waals surface area contributed by atoms with Crippen LogP contribution >= 0.6 is 0 Å². The number of hydrogen-bond acceptors (Lipinski definition) is 1. The summed E-state index contributed by atoms with van der Waals surface area (Å²) in [6, 6.07) is 1.19. The molecule has 1 aliphatic rings. The average Bonchev–Trinajstić information content (AvgIpc) is 1.78. The van der Waals surface area contributed by atoms with Crippen LogP contribution in [0.1, 0.15) is 20.3 Å². The van der Waals surface area contributed by atoms with Gasteiger partial charge in [0.2, 0.25) is 6.54 Å². The molecule has 0 N–H and O–H groups in total. The van der Waals surface area contributed by atoms with Crippen LogP contribution in [0.25, 0.3) is 4.85 Å². The summed E-state index contributed by atoms with van der Waals surface area (Å²) in [7, 11) is 0. The van der Waals surface area contributed by atoms with Crippen molar-refractivity contribution in [2.75, 3.05) is 13.1 Å². The third kappa shape index (κ3) is 1.30. The highest BCUT2D eigenvalue weighted by molar-refractivity contribution is 4.89. The highest BCUT2D eigenvalue weighted by atomic mass is 15.2. The zero-order valence-electron chi connectivity index (χ0n) is 6.67. The summed E-state index contributed by atoms with van der Waals surface area (Å²) in [5, 5.41) is 0. The normalized spacial score (nSPS) is 26.0. The van der Waals surface area contributed by atoms with Crippen molar-refractivity contribution in [2.24, 2.45) is 0 Å². The van der Waals surface area contributed by atoms with Crippen LogP contribution in [0, 0.1) is 6.57 Å². The van der Waals surface area contributed by atoms with Crippen LogP contribution in [0.15, 0.2) is 0 Å². The Morgan fingerprint density at radius 2 is 2.40 bits per heavy atom. The molecule has 1 aliphatic heterocycles. The molecule has 1 rings (SSSR count). The van der Waals surface area contributed by atoms with Gasteiger partial charge in [-0.15, -0.1) is 0 Å². The summed E-state index contributed by atoms with van der Waals surface area (Å²) in [4.78, 5) is 5.79. The Bertz CT molecular complexity index is 146. The van der Waals surface area contributed by atoms with Gasteiger partial charge >= 0.3 is 0 Å². The van der Waals surface area contributed by atoms with E-state index in [1.807, 2.05) is 0 Å². The molecule has 0 aliphatic carbocycles. The van der Waals surface area contributed by atoms with Crippen molar-refractivity contribution in [3.05, 3.63) is 11.4 Å². The Hall–Kier alpha value is -0.550. The van der Waals surface area contributed by atoms with Gasteiger partial charge in [-0.25, -0.2) is 6.57 Å². The molecule has 1 atom stereocenters. The fraction of sp³-hybridized carbons (Fsp3) is 0.875. The van der Waals surface area contributed by atoms with Gasteiger partial charge in [0, 0.05) is 12.6 Å². The van der Waals surface area contributed by atoms with Gasteiger partial charge in [-0.2, -0.15) is 0 Å². The zero-order valence-corrected chi connectivity index (χ0v) is 6.67. The first-order valence-corrected chi connectivity index (χ1v) is 3.84. The minimum absolute atomic E-state index is 0.567. The van der Waals surface area contributed by atoms with E-state index in [0.29, 0.717) is 18.6 Å². The smallest absolute Gasteiger partial charge is 0.230 e. The molecule has 1 saturated heterocycles. The van der Waals surface area contributed by atoms with E-state index in [-0.39, 0.29) is 0 Å². The van der Waals surface area contributed by atoms with Crippen LogP contribution in [-0.2, 0) is 0 Å². The lowest BCUT2D eigenvalue weighted by molar-refractivity contribution is 0.0673. The van der Waals surface area contributed by atoms with Gasteiger partial charge in [-0.3, -0.25) is 4.90 Å². The second kappa shape index (κ2) is 3.03. The molecule has 0 amide bonds. The lowest BCUT2D eigenvalue weighted by Crippen LogP contribution is -2.52. The molecule has 0 spiro atoms. The first kappa shape index (κ1) is 7.56. The van der Waals surface area contributed by atoms with Crippen molar-refractivity contribution in [3.8, 4) is 0 Å². The monoisotopic (exact) mass is 138 g/mol. The minimum Gasteiger partial charge on any atom is -0.315 e. The second-order valence-electron chi connectivity index (χ2n) is 3.11. The largest absolute Gasteiger partial charge is 0.315 e.